The maximum Gasteiger partial charge on any atom is 0.408 e. The van der Waals surface area contributed by atoms with Gasteiger partial charge in [0.15, 0.2) is 0 Å². The summed E-state index contributed by atoms with van der Waals surface area (Å²) in [4.78, 5) is 53.8. The molecule has 2 atom stereocenters. The zero-order valence-electron chi connectivity index (χ0n) is 24.2. The number of methoxy groups -OCH3 is 1. The Balaban J connectivity index is 2.56. The van der Waals surface area contributed by atoms with E-state index in [1.165, 1.54) is 18.1 Å². The molecule has 0 aromatic heterocycles. The van der Waals surface area contributed by atoms with Crippen LogP contribution in [0.5, 0.6) is 5.75 Å². The van der Waals surface area contributed by atoms with Gasteiger partial charge in [0.05, 0.1) is 7.11 Å². The summed E-state index contributed by atoms with van der Waals surface area (Å²) in [6, 6.07) is 11.6. The largest absolute Gasteiger partial charge is 0.508 e. The number of ether oxygens (including phenoxy) is 2. The minimum absolute atomic E-state index is 0.0393. The van der Waals surface area contributed by atoms with Gasteiger partial charge in [0.25, 0.3) is 0 Å². The Bertz CT molecular complexity index is 1160. The highest BCUT2D eigenvalue weighted by Crippen LogP contribution is 2.28. The summed E-state index contributed by atoms with van der Waals surface area (Å²) in [5.41, 5.74) is 0.975. The molecular weight excluding hydrogens is 514 g/mol. The van der Waals surface area contributed by atoms with Crippen LogP contribution in [0.1, 0.15) is 63.3 Å². The first-order valence-electron chi connectivity index (χ1n) is 13.3. The minimum Gasteiger partial charge on any atom is -0.508 e. The number of nitrogens with one attached hydrogen (secondary N) is 2. The lowest BCUT2D eigenvalue weighted by molar-refractivity contribution is -0.144. The van der Waals surface area contributed by atoms with Crippen molar-refractivity contribution in [3.8, 4) is 5.75 Å². The summed E-state index contributed by atoms with van der Waals surface area (Å²) in [6.45, 7) is 8.63. The number of phenols is 1. The number of hydrogen-bond donors (Lipinski definition) is 3. The average molecular weight is 556 g/mol. The van der Waals surface area contributed by atoms with Crippen LogP contribution in [-0.4, -0.2) is 65.7 Å². The Morgan fingerprint density at radius 3 is 2.30 bits per heavy atom. The van der Waals surface area contributed by atoms with Crippen molar-refractivity contribution in [2.45, 2.75) is 71.6 Å². The van der Waals surface area contributed by atoms with Gasteiger partial charge in [-0.25, -0.2) is 4.79 Å². The highest BCUT2D eigenvalue weighted by Gasteiger charge is 2.36. The fraction of sp³-hybridized carbons (Fsp3) is 0.467. The number of benzene rings is 2. The lowest BCUT2D eigenvalue weighted by atomic mass is 9.98. The van der Waals surface area contributed by atoms with E-state index in [0.29, 0.717) is 17.5 Å². The zero-order chi connectivity index (χ0) is 29.9. The van der Waals surface area contributed by atoms with Crippen molar-refractivity contribution in [3.63, 3.8) is 0 Å². The molecule has 10 nitrogen and oxygen atoms in total. The summed E-state index contributed by atoms with van der Waals surface area (Å²) in [7, 11) is 1.21. The van der Waals surface area contributed by atoms with Crippen LogP contribution >= 0.6 is 0 Å². The first kappa shape index (κ1) is 32.1. The predicted molar refractivity (Wildman–Crippen MR) is 151 cm³/mol. The van der Waals surface area contributed by atoms with E-state index in [-0.39, 0.29) is 25.3 Å². The van der Waals surface area contributed by atoms with E-state index in [4.69, 9.17) is 4.74 Å². The van der Waals surface area contributed by atoms with Crippen molar-refractivity contribution < 1.29 is 33.8 Å². The highest BCUT2D eigenvalue weighted by atomic mass is 16.6. The molecule has 2 rings (SSSR count). The molecule has 0 radical (unpaired) electrons. The molecule has 218 valence electrons. The van der Waals surface area contributed by atoms with Crippen LogP contribution in [0.3, 0.4) is 0 Å². The number of carbonyl (C=O) groups excluding carboxylic acids is 4. The van der Waals surface area contributed by atoms with E-state index in [1.807, 2.05) is 37.3 Å². The Morgan fingerprint density at radius 1 is 1.05 bits per heavy atom. The predicted octanol–water partition coefficient (Wildman–Crippen LogP) is 3.80. The molecule has 2 aromatic carbocycles. The van der Waals surface area contributed by atoms with E-state index in [0.717, 1.165) is 12.0 Å². The second-order valence-corrected chi connectivity index (χ2v) is 10.5. The van der Waals surface area contributed by atoms with Gasteiger partial charge in [-0.1, -0.05) is 49.7 Å². The quantitative estimate of drug-likeness (QED) is 0.339. The van der Waals surface area contributed by atoms with Crippen LogP contribution in [0.15, 0.2) is 48.5 Å². The van der Waals surface area contributed by atoms with Crippen molar-refractivity contribution in [3.05, 3.63) is 65.2 Å². The topological polar surface area (TPSA) is 134 Å². The summed E-state index contributed by atoms with van der Waals surface area (Å²) < 4.78 is 10.1. The molecule has 2 aromatic rings. The van der Waals surface area contributed by atoms with Crippen molar-refractivity contribution in [1.82, 2.24) is 15.5 Å². The summed E-state index contributed by atoms with van der Waals surface area (Å²) in [5.74, 6) is -1.70. The zero-order valence-corrected chi connectivity index (χ0v) is 24.2. The van der Waals surface area contributed by atoms with Crippen LogP contribution in [-0.2, 0) is 30.3 Å². The van der Waals surface area contributed by atoms with Gasteiger partial charge in [0.2, 0.25) is 11.8 Å². The number of aryl methyl sites for hydroxylation is 1. The van der Waals surface area contributed by atoms with Gasteiger partial charge in [-0.15, -0.1) is 0 Å². The van der Waals surface area contributed by atoms with Crippen molar-refractivity contribution in [2.75, 3.05) is 20.2 Å². The first-order chi connectivity index (χ1) is 18.9. The SMILES string of the molecule is CCCCN(C(=O)C(Cc1ccccc1)NC(=O)OC(C)(C)C)C(C(=O)NCC(=O)OC)c1ccc(O)c(C)c1. The fourth-order valence-corrected chi connectivity index (χ4v) is 4.04. The lowest BCUT2D eigenvalue weighted by Crippen LogP contribution is -2.54. The fourth-order valence-electron chi connectivity index (χ4n) is 4.04. The average Bonchev–Trinajstić information content (AvgIpc) is 2.90. The summed E-state index contributed by atoms with van der Waals surface area (Å²) >= 11 is 0. The molecule has 40 heavy (non-hydrogen) atoms. The maximum absolute atomic E-state index is 14.3. The Morgan fingerprint density at radius 2 is 1.73 bits per heavy atom. The van der Waals surface area contributed by atoms with E-state index in [9.17, 15) is 24.3 Å². The monoisotopic (exact) mass is 555 g/mol. The molecule has 0 aliphatic carbocycles. The van der Waals surface area contributed by atoms with E-state index >= 15 is 0 Å². The number of aromatic hydroxyl groups is 1. The molecular formula is C30H41N3O7. The standard InChI is InChI=1S/C30H41N3O7/c1-7-8-16-33(26(27(36)31-19-25(35)39-6)22-14-15-24(34)20(2)17-22)28(37)23(18-21-12-10-9-11-13-21)32-29(38)40-30(3,4)5/h9-15,17,23,26,34H,7-8,16,18-19H2,1-6H3,(H,31,36)(H,32,38). The normalized spacial score (nSPS) is 12.6. The third-order valence-electron chi connectivity index (χ3n) is 6.04. The highest BCUT2D eigenvalue weighted by molar-refractivity contribution is 5.93. The number of carbonyl (C=O) groups is 4. The van der Waals surface area contributed by atoms with Crippen molar-refractivity contribution in [1.29, 1.82) is 0 Å². The van der Waals surface area contributed by atoms with Gasteiger partial charge >= 0.3 is 12.1 Å². The van der Waals surface area contributed by atoms with Crippen LogP contribution < -0.4 is 10.6 Å². The third-order valence-corrected chi connectivity index (χ3v) is 6.04. The van der Waals surface area contributed by atoms with Crippen LogP contribution in [0.4, 0.5) is 4.79 Å². The maximum atomic E-state index is 14.3. The van der Waals surface area contributed by atoms with Crippen molar-refractivity contribution >= 4 is 23.9 Å². The number of alkyl carbamates (subject to hydrolysis) is 1. The van der Waals surface area contributed by atoms with Gasteiger partial charge in [0, 0.05) is 13.0 Å². The van der Waals surface area contributed by atoms with Gasteiger partial charge in [0.1, 0.15) is 30.0 Å². The smallest absolute Gasteiger partial charge is 0.408 e. The molecule has 3 N–H and O–H groups in total. The molecule has 0 spiro atoms. The number of phenolic OH excluding ortho intramolecular Hbond substituents is 1. The van der Waals surface area contributed by atoms with Gasteiger partial charge < -0.3 is 30.1 Å². The lowest BCUT2D eigenvalue weighted by Gasteiger charge is -2.34. The number of hydrogen-bond acceptors (Lipinski definition) is 7. The van der Waals surface area contributed by atoms with Gasteiger partial charge in [-0.05, 0) is 62.9 Å². The number of nitrogens with zero attached hydrogens (tertiary/aromatic N) is 1. The molecule has 0 heterocycles. The molecule has 0 aliphatic rings. The van der Waals surface area contributed by atoms with Crippen LogP contribution in [0.25, 0.3) is 0 Å². The van der Waals surface area contributed by atoms with E-state index in [2.05, 4.69) is 15.4 Å². The molecule has 0 saturated heterocycles. The first-order valence-corrected chi connectivity index (χ1v) is 13.3. The molecule has 0 aliphatic heterocycles. The second kappa shape index (κ2) is 14.9. The number of amides is 3. The Kier molecular flexibility index (Phi) is 12.0. The van der Waals surface area contributed by atoms with Crippen LogP contribution in [0.2, 0.25) is 0 Å². The third kappa shape index (κ3) is 9.91. The van der Waals surface area contributed by atoms with Gasteiger partial charge in [-0.2, -0.15) is 0 Å². The number of unbranched alkanes of at least 4 members (excludes halogenated alkanes) is 1. The molecule has 2 unspecified atom stereocenters. The Labute approximate surface area is 236 Å². The second-order valence-electron chi connectivity index (χ2n) is 10.5. The van der Waals surface area contributed by atoms with E-state index in [1.54, 1.807) is 39.8 Å². The minimum atomic E-state index is -1.15. The van der Waals surface area contributed by atoms with E-state index < -0.39 is 41.6 Å². The van der Waals surface area contributed by atoms with Gasteiger partial charge in [-0.3, -0.25) is 14.4 Å². The molecule has 3 amide bonds. The summed E-state index contributed by atoms with van der Waals surface area (Å²) in [6.07, 6.45) is 0.711. The molecule has 0 fully saturated rings. The molecule has 10 heteroatoms. The number of rotatable bonds is 12. The molecule has 0 bridgehead atoms. The summed E-state index contributed by atoms with van der Waals surface area (Å²) in [5, 5.41) is 15.4. The molecule has 0 saturated carbocycles. The van der Waals surface area contributed by atoms with Crippen LogP contribution in [0, 0.1) is 6.92 Å². The Hall–Kier alpha value is -4.08. The van der Waals surface area contributed by atoms with Crippen molar-refractivity contribution in [2.24, 2.45) is 0 Å². The number of esters is 1.